The standard InChI is InChI=1S/C2H3.BrH.Zn/c1-2;;/h1H,2H2;1H;/q;;+1/p-1. The number of hydrogen-bond acceptors (Lipinski definition) is 0. The van der Waals surface area contributed by atoms with Gasteiger partial charge in [-0.1, -0.05) is 0 Å². The Hall–Kier alpha value is 0.843. The van der Waals surface area contributed by atoms with Crippen LogP contribution in [0.3, 0.4) is 0 Å². The summed E-state index contributed by atoms with van der Waals surface area (Å²) >= 11 is 3.01. The number of hydrogen-bond donors (Lipinski definition) is 0. The maximum absolute atomic E-state index is 3.52. The Morgan fingerprint density at radius 2 is 2.25 bits per heavy atom. The molecule has 0 saturated heterocycles. The van der Waals surface area contributed by atoms with Gasteiger partial charge >= 0.3 is 40.0 Å². The van der Waals surface area contributed by atoms with Crippen LogP contribution in [0.25, 0.3) is 0 Å². The van der Waals surface area contributed by atoms with E-state index in [0.29, 0.717) is 0 Å². The van der Waals surface area contributed by atoms with Gasteiger partial charge in [0.05, 0.1) is 0 Å². The number of rotatable bonds is 1. The van der Waals surface area contributed by atoms with Crippen LogP contribution in [0.2, 0.25) is 0 Å². The Kier molecular flexibility index (Phi) is 4.65. The predicted octanol–water partition coefficient (Wildman–Crippen LogP) is 1.52. The molecule has 4 heavy (non-hydrogen) atoms. The van der Waals surface area contributed by atoms with Crippen LogP contribution in [0.1, 0.15) is 0 Å². The molecule has 0 fully saturated rings. The SMILES string of the molecule is C=[CH][Zn][Br]. The molecule has 0 nitrogen and oxygen atoms in total. The Morgan fingerprint density at radius 1 is 2.00 bits per heavy atom. The summed E-state index contributed by atoms with van der Waals surface area (Å²) in [5.74, 6) is 0. The van der Waals surface area contributed by atoms with E-state index in [1.807, 2.05) is 4.67 Å². The second-order valence-electron chi connectivity index (χ2n) is 0.443. The zero-order valence-corrected chi connectivity index (χ0v) is 6.92. The summed E-state index contributed by atoms with van der Waals surface area (Å²) in [6, 6.07) is 0. The molecule has 0 amide bonds. The summed E-state index contributed by atoms with van der Waals surface area (Å²) in [6.45, 7) is 3.52. The van der Waals surface area contributed by atoms with Crippen LogP contribution in [0.5, 0.6) is 0 Å². The minimum atomic E-state index is -0.312. The van der Waals surface area contributed by atoms with Crippen molar-refractivity contribution in [1.29, 1.82) is 0 Å². The molecule has 0 saturated carbocycles. The van der Waals surface area contributed by atoms with Gasteiger partial charge in [0, 0.05) is 0 Å². The Bertz CT molecular complexity index is 20.0. The van der Waals surface area contributed by atoms with Crippen molar-refractivity contribution in [3.8, 4) is 0 Å². The van der Waals surface area contributed by atoms with Crippen LogP contribution in [-0.2, 0) is 15.2 Å². The molecule has 0 radical (unpaired) electrons. The van der Waals surface area contributed by atoms with Crippen LogP contribution >= 0.6 is 13.6 Å². The summed E-state index contributed by atoms with van der Waals surface area (Å²) in [5, 5.41) is 0. The van der Waals surface area contributed by atoms with Crippen molar-refractivity contribution in [3.05, 3.63) is 11.2 Å². The fourth-order valence-corrected chi connectivity index (χ4v) is 0. The van der Waals surface area contributed by atoms with Crippen molar-refractivity contribution in [3.63, 3.8) is 0 Å². The third kappa shape index (κ3) is 2.84. The zero-order chi connectivity index (χ0) is 3.41. The molecular weight excluding hydrogens is 169 g/mol. The van der Waals surface area contributed by atoms with Crippen LogP contribution in [0.4, 0.5) is 0 Å². The van der Waals surface area contributed by atoms with E-state index in [2.05, 4.69) is 20.2 Å². The van der Waals surface area contributed by atoms with Gasteiger partial charge in [0.25, 0.3) is 0 Å². The first kappa shape index (κ1) is 4.84. The molecule has 0 aromatic rings. The Labute approximate surface area is 40.2 Å². The molecule has 0 rings (SSSR count). The van der Waals surface area contributed by atoms with Gasteiger partial charge in [-0.25, -0.2) is 0 Å². The first-order chi connectivity index (χ1) is 1.91. The van der Waals surface area contributed by atoms with E-state index in [1.165, 1.54) is 0 Å². The summed E-state index contributed by atoms with van der Waals surface area (Å²) in [4.78, 5) is 0. The monoisotopic (exact) mass is 170 g/mol. The molecular formula is C2H3BrZn. The van der Waals surface area contributed by atoms with Gasteiger partial charge in [-0.05, 0) is 0 Å². The van der Waals surface area contributed by atoms with Gasteiger partial charge < -0.3 is 0 Å². The van der Waals surface area contributed by atoms with E-state index in [-0.39, 0.29) is 15.2 Å². The van der Waals surface area contributed by atoms with Crippen LogP contribution < -0.4 is 0 Å². The van der Waals surface area contributed by atoms with E-state index in [9.17, 15) is 0 Å². The fraction of sp³-hybridized carbons (Fsp3) is 0. The van der Waals surface area contributed by atoms with Crippen molar-refractivity contribution < 1.29 is 15.2 Å². The molecule has 0 aliphatic rings. The first-order valence-corrected chi connectivity index (χ1v) is 9.75. The topological polar surface area (TPSA) is 0 Å². The van der Waals surface area contributed by atoms with Crippen molar-refractivity contribution >= 4 is 13.6 Å². The third-order valence-corrected chi connectivity index (χ3v) is 2.95. The molecule has 0 N–H and O–H groups in total. The van der Waals surface area contributed by atoms with Crippen molar-refractivity contribution in [2.45, 2.75) is 0 Å². The molecule has 0 aliphatic carbocycles. The maximum atomic E-state index is 3.52. The summed E-state index contributed by atoms with van der Waals surface area (Å²) in [6.07, 6.45) is 0. The zero-order valence-electron chi connectivity index (χ0n) is 2.37. The van der Waals surface area contributed by atoms with Crippen molar-refractivity contribution in [2.75, 3.05) is 0 Å². The van der Waals surface area contributed by atoms with Crippen molar-refractivity contribution in [1.82, 2.24) is 0 Å². The average Bonchev–Trinajstić information content (AvgIpc) is 1.37. The molecule has 0 aromatic carbocycles. The van der Waals surface area contributed by atoms with Crippen molar-refractivity contribution in [2.24, 2.45) is 0 Å². The summed E-state index contributed by atoms with van der Waals surface area (Å²) < 4.78 is 1.98. The normalized spacial score (nSPS) is 4.25. The van der Waals surface area contributed by atoms with E-state index in [0.717, 1.165) is 0 Å². The van der Waals surface area contributed by atoms with E-state index < -0.39 is 0 Å². The predicted molar refractivity (Wildman–Crippen MR) is 19.1 cm³/mol. The second-order valence-corrected chi connectivity index (χ2v) is 5.67. The van der Waals surface area contributed by atoms with Crippen LogP contribution in [0, 0.1) is 0 Å². The fourth-order valence-electron chi connectivity index (χ4n) is 0. The van der Waals surface area contributed by atoms with Gasteiger partial charge in [0.1, 0.15) is 0 Å². The molecule has 0 bridgehead atoms. The molecule has 0 atom stereocenters. The minimum absolute atomic E-state index is 0.312. The van der Waals surface area contributed by atoms with E-state index in [4.69, 9.17) is 0 Å². The molecule has 0 heterocycles. The van der Waals surface area contributed by atoms with Gasteiger partial charge in [0.2, 0.25) is 0 Å². The molecule has 2 heteroatoms. The molecule has 20 valence electrons. The van der Waals surface area contributed by atoms with Crippen LogP contribution in [0.15, 0.2) is 11.2 Å². The van der Waals surface area contributed by atoms with Gasteiger partial charge in [-0.3, -0.25) is 0 Å². The summed E-state index contributed by atoms with van der Waals surface area (Å²) in [5.41, 5.74) is 0. The molecule has 0 aliphatic heterocycles. The molecule has 0 spiro atoms. The third-order valence-electron chi connectivity index (χ3n) is 0.109. The number of halogens is 1. The summed E-state index contributed by atoms with van der Waals surface area (Å²) in [7, 11) is 0. The van der Waals surface area contributed by atoms with E-state index >= 15 is 0 Å². The molecule has 0 aromatic heterocycles. The van der Waals surface area contributed by atoms with E-state index in [1.54, 1.807) is 0 Å². The Balaban J connectivity index is 2.30. The first-order valence-electron chi connectivity index (χ1n) is 1.08. The van der Waals surface area contributed by atoms with Gasteiger partial charge in [-0.15, -0.1) is 0 Å². The Morgan fingerprint density at radius 3 is 2.25 bits per heavy atom. The second kappa shape index (κ2) is 3.84. The van der Waals surface area contributed by atoms with Gasteiger partial charge in [0.15, 0.2) is 0 Å². The average molecular weight is 172 g/mol. The molecule has 0 unspecified atom stereocenters. The van der Waals surface area contributed by atoms with Crippen LogP contribution in [-0.4, -0.2) is 0 Å². The quantitative estimate of drug-likeness (QED) is 0.526. The van der Waals surface area contributed by atoms with Gasteiger partial charge in [-0.2, -0.15) is 0 Å².